The van der Waals surface area contributed by atoms with Crippen LogP contribution in [0.2, 0.25) is 0 Å². The maximum atomic E-state index is 12.5. The number of alkyl halides is 3. The fourth-order valence-electron chi connectivity index (χ4n) is 1.14. The molecule has 1 aromatic heterocycles. The third-order valence-corrected chi connectivity index (χ3v) is 2.39. The smallest absolute Gasteiger partial charge is 0.236 e. The molecule has 0 N–H and O–H groups in total. The van der Waals surface area contributed by atoms with Crippen molar-refractivity contribution in [2.45, 2.75) is 18.7 Å². The Balaban J connectivity index is 3.37. The minimum Gasteiger partial charge on any atom is -0.236 e. The predicted molar refractivity (Wildman–Crippen MR) is 51.3 cm³/mol. The third-order valence-electron chi connectivity index (χ3n) is 1.83. The van der Waals surface area contributed by atoms with Crippen molar-refractivity contribution >= 4 is 15.9 Å². The van der Waals surface area contributed by atoms with Crippen LogP contribution in [0.4, 0.5) is 8.78 Å². The highest BCUT2D eigenvalue weighted by Gasteiger charge is 2.17. The molecule has 2 nitrogen and oxygen atoms in total. The van der Waals surface area contributed by atoms with Crippen LogP contribution >= 0.6 is 15.9 Å². The van der Waals surface area contributed by atoms with Crippen LogP contribution < -0.4 is 0 Å². The highest BCUT2D eigenvalue weighted by Crippen LogP contribution is 2.25. The van der Waals surface area contributed by atoms with Gasteiger partial charge in [0.2, 0.25) is 0 Å². The van der Waals surface area contributed by atoms with Gasteiger partial charge >= 0.3 is 0 Å². The first-order chi connectivity index (χ1) is 6.60. The second kappa shape index (κ2) is 4.47. The Morgan fingerprint density at radius 3 is 2.71 bits per heavy atom. The number of aryl methyl sites for hydroxylation is 1. The Bertz CT molecular complexity index is 385. The highest BCUT2D eigenvalue weighted by molar-refractivity contribution is 9.08. The average molecular weight is 261 g/mol. The molecule has 0 unspecified atom stereocenters. The standard InChI is InChI=1S/C9H7BrF2N2/c1-5-2-6(4-13)14-8(9(11)12)7(5)3-10/h2,9H,3H2,1H3. The lowest BCUT2D eigenvalue weighted by molar-refractivity contribution is 0.145. The van der Waals surface area contributed by atoms with Crippen molar-refractivity contribution in [3.63, 3.8) is 0 Å². The van der Waals surface area contributed by atoms with Gasteiger partial charge in [-0.1, -0.05) is 15.9 Å². The van der Waals surface area contributed by atoms with Gasteiger partial charge in [-0.15, -0.1) is 0 Å². The molecule has 0 aromatic carbocycles. The van der Waals surface area contributed by atoms with Crippen molar-refractivity contribution in [2.75, 3.05) is 0 Å². The second-order valence-electron chi connectivity index (χ2n) is 2.73. The summed E-state index contributed by atoms with van der Waals surface area (Å²) in [5, 5.41) is 8.88. The Kier molecular flexibility index (Phi) is 3.53. The first kappa shape index (κ1) is 11.1. The van der Waals surface area contributed by atoms with Crippen LogP contribution in [0.3, 0.4) is 0 Å². The highest BCUT2D eigenvalue weighted by atomic mass is 79.9. The lowest BCUT2D eigenvalue weighted by Gasteiger charge is -2.08. The summed E-state index contributed by atoms with van der Waals surface area (Å²) in [7, 11) is 0. The van der Waals surface area contributed by atoms with Gasteiger partial charge in [-0.25, -0.2) is 13.8 Å². The number of hydrogen-bond donors (Lipinski definition) is 0. The van der Waals surface area contributed by atoms with E-state index in [1.54, 1.807) is 13.0 Å². The van der Waals surface area contributed by atoms with E-state index >= 15 is 0 Å². The van der Waals surface area contributed by atoms with Gasteiger partial charge in [0, 0.05) is 5.33 Å². The van der Waals surface area contributed by atoms with E-state index in [2.05, 4.69) is 20.9 Å². The normalized spacial score (nSPS) is 10.3. The molecule has 1 aromatic rings. The molecule has 0 radical (unpaired) electrons. The summed E-state index contributed by atoms with van der Waals surface area (Å²) < 4.78 is 25.0. The van der Waals surface area contributed by atoms with Crippen molar-refractivity contribution in [2.24, 2.45) is 0 Å². The molecule has 0 amide bonds. The second-order valence-corrected chi connectivity index (χ2v) is 3.30. The Labute approximate surface area is 88.7 Å². The number of pyridine rings is 1. The van der Waals surface area contributed by atoms with E-state index in [1.807, 2.05) is 0 Å². The van der Waals surface area contributed by atoms with Gasteiger partial charge in [-0.2, -0.15) is 5.26 Å². The molecule has 0 aliphatic carbocycles. The van der Waals surface area contributed by atoms with Crippen LogP contribution in [0.25, 0.3) is 0 Å². The molecule has 1 rings (SSSR count). The topological polar surface area (TPSA) is 36.7 Å². The molecule has 0 saturated heterocycles. The summed E-state index contributed by atoms with van der Waals surface area (Å²) >= 11 is 3.12. The fraction of sp³-hybridized carbons (Fsp3) is 0.333. The van der Waals surface area contributed by atoms with Gasteiger partial charge < -0.3 is 0 Å². The third kappa shape index (κ3) is 2.07. The van der Waals surface area contributed by atoms with E-state index in [9.17, 15) is 8.78 Å². The van der Waals surface area contributed by atoms with E-state index in [1.165, 1.54) is 6.07 Å². The van der Waals surface area contributed by atoms with Gasteiger partial charge in [0.1, 0.15) is 17.5 Å². The minimum atomic E-state index is -2.64. The van der Waals surface area contributed by atoms with Crippen LogP contribution in [0.5, 0.6) is 0 Å². The van der Waals surface area contributed by atoms with Crippen LogP contribution in [0, 0.1) is 18.3 Å². The zero-order valence-corrected chi connectivity index (χ0v) is 8.98. The molecule has 5 heteroatoms. The molecule has 0 aliphatic rings. The molecule has 0 bridgehead atoms. The van der Waals surface area contributed by atoms with Gasteiger partial charge in [-0.3, -0.25) is 0 Å². The van der Waals surface area contributed by atoms with Crippen molar-refractivity contribution in [3.05, 3.63) is 28.6 Å². The molecule has 0 saturated carbocycles. The summed E-state index contributed by atoms with van der Waals surface area (Å²) in [5.74, 6) is 0. The van der Waals surface area contributed by atoms with Gasteiger partial charge in [0.15, 0.2) is 0 Å². The molecule has 0 fully saturated rings. The lowest BCUT2D eigenvalue weighted by Crippen LogP contribution is -2.01. The molecule has 0 spiro atoms. The average Bonchev–Trinajstić information content (AvgIpc) is 2.16. The minimum absolute atomic E-state index is 0.0301. The number of aromatic nitrogens is 1. The molecule has 14 heavy (non-hydrogen) atoms. The SMILES string of the molecule is Cc1cc(C#N)nc(C(F)F)c1CBr. The first-order valence-corrected chi connectivity index (χ1v) is 4.97. The van der Waals surface area contributed by atoms with Gasteiger partial charge in [0.25, 0.3) is 6.43 Å². The Hall–Kier alpha value is -1.02. The Morgan fingerprint density at radius 1 is 1.64 bits per heavy atom. The fourth-order valence-corrected chi connectivity index (χ4v) is 1.86. The van der Waals surface area contributed by atoms with Crippen LogP contribution in [0.15, 0.2) is 6.07 Å². The maximum absolute atomic E-state index is 12.5. The summed E-state index contributed by atoms with van der Waals surface area (Å²) in [6, 6.07) is 3.26. The zero-order chi connectivity index (χ0) is 10.7. The van der Waals surface area contributed by atoms with Crippen molar-refractivity contribution in [1.82, 2.24) is 4.98 Å². The molecule has 74 valence electrons. The predicted octanol–water partition coefficient (Wildman–Crippen LogP) is 3.09. The number of hydrogen-bond acceptors (Lipinski definition) is 2. The monoisotopic (exact) mass is 260 g/mol. The van der Waals surface area contributed by atoms with E-state index in [0.717, 1.165) is 0 Å². The van der Waals surface area contributed by atoms with Crippen LogP contribution in [0.1, 0.15) is 28.9 Å². The van der Waals surface area contributed by atoms with Gasteiger partial charge in [0.05, 0.1) is 0 Å². The molecule has 0 aliphatic heterocycles. The number of rotatable bonds is 2. The molecular formula is C9H7BrF2N2. The first-order valence-electron chi connectivity index (χ1n) is 3.84. The largest absolute Gasteiger partial charge is 0.280 e. The van der Waals surface area contributed by atoms with Gasteiger partial charge in [-0.05, 0) is 24.1 Å². The van der Waals surface area contributed by atoms with E-state index in [-0.39, 0.29) is 11.4 Å². The number of nitrogens with zero attached hydrogens (tertiary/aromatic N) is 2. The molecule has 0 atom stereocenters. The summed E-state index contributed by atoms with van der Waals surface area (Å²) in [4.78, 5) is 3.58. The number of halogens is 3. The quantitative estimate of drug-likeness (QED) is 0.767. The van der Waals surface area contributed by atoms with Crippen molar-refractivity contribution in [1.29, 1.82) is 5.26 Å². The maximum Gasteiger partial charge on any atom is 0.280 e. The van der Waals surface area contributed by atoms with E-state index in [4.69, 9.17) is 5.26 Å². The summed E-state index contributed by atoms with van der Waals surface area (Å²) in [5.41, 5.74) is 0.837. The van der Waals surface area contributed by atoms with Crippen LogP contribution in [-0.2, 0) is 5.33 Å². The van der Waals surface area contributed by atoms with Crippen LogP contribution in [-0.4, -0.2) is 4.98 Å². The zero-order valence-electron chi connectivity index (χ0n) is 7.39. The number of nitriles is 1. The van der Waals surface area contributed by atoms with Crippen molar-refractivity contribution < 1.29 is 8.78 Å². The molecular weight excluding hydrogens is 254 g/mol. The summed E-state index contributed by atoms with van der Waals surface area (Å²) in [6.07, 6.45) is -2.64. The van der Waals surface area contributed by atoms with E-state index < -0.39 is 6.43 Å². The Morgan fingerprint density at radius 2 is 2.29 bits per heavy atom. The van der Waals surface area contributed by atoms with Crippen molar-refractivity contribution in [3.8, 4) is 6.07 Å². The van der Waals surface area contributed by atoms with E-state index in [0.29, 0.717) is 16.5 Å². The lowest BCUT2D eigenvalue weighted by atomic mass is 10.1. The molecule has 1 heterocycles. The summed E-state index contributed by atoms with van der Waals surface area (Å²) in [6.45, 7) is 1.69.